The van der Waals surface area contributed by atoms with Crippen molar-refractivity contribution in [3.05, 3.63) is 18.2 Å². The summed E-state index contributed by atoms with van der Waals surface area (Å²) < 4.78 is 5.41. The first-order valence-corrected chi connectivity index (χ1v) is 7.22. The molecule has 0 aromatic heterocycles. The van der Waals surface area contributed by atoms with Crippen LogP contribution < -0.4 is 15.0 Å². The van der Waals surface area contributed by atoms with Gasteiger partial charge in [0.15, 0.2) is 0 Å². The van der Waals surface area contributed by atoms with E-state index in [2.05, 4.69) is 33.3 Å². The summed E-state index contributed by atoms with van der Waals surface area (Å²) in [5.41, 5.74) is 2.22. The fourth-order valence-electron chi connectivity index (χ4n) is 2.61. The van der Waals surface area contributed by atoms with E-state index in [9.17, 15) is 0 Å². The van der Waals surface area contributed by atoms with Gasteiger partial charge in [0, 0.05) is 58.1 Å². The van der Waals surface area contributed by atoms with Crippen LogP contribution in [0.1, 0.15) is 6.42 Å². The molecule has 0 atom stereocenters. The minimum Gasteiger partial charge on any atom is -0.495 e. The zero-order chi connectivity index (χ0) is 14.4. The van der Waals surface area contributed by atoms with E-state index in [0.717, 1.165) is 50.6 Å². The molecule has 112 valence electrons. The van der Waals surface area contributed by atoms with Crippen molar-refractivity contribution < 1.29 is 9.84 Å². The zero-order valence-corrected chi connectivity index (χ0v) is 12.4. The molecule has 2 rings (SSSR count). The van der Waals surface area contributed by atoms with Gasteiger partial charge in [-0.3, -0.25) is 4.90 Å². The van der Waals surface area contributed by atoms with Crippen molar-refractivity contribution in [1.29, 1.82) is 0 Å². The Balaban J connectivity index is 1.96. The van der Waals surface area contributed by atoms with E-state index in [-0.39, 0.29) is 6.61 Å². The third-order valence-corrected chi connectivity index (χ3v) is 3.82. The summed E-state index contributed by atoms with van der Waals surface area (Å²) in [6, 6.07) is 6.29. The predicted octanol–water partition coefficient (Wildman–Crippen LogP) is 1.24. The lowest BCUT2D eigenvalue weighted by atomic mass is 10.2. The second-order valence-corrected chi connectivity index (χ2v) is 5.04. The van der Waals surface area contributed by atoms with Crippen LogP contribution in [0, 0.1) is 0 Å². The van der Waals surface area contributed by atoms with Gasteiger partial charge in [-0.05, 0) is 18.6 Å². The van der Waals surface area contributed by atoms with Crippen molar-refractivity contribution in [2.24, 2.45) is 0 Å². The molecule has 0 radical (unpaired) electrons. The number of methoxy groups -OCH3 is 1. The molecule has 1 saturated heterocycles. The van der Waals surface area contributed by atoms with Crippen LogP contribution >= 0.6 is 0 Å². The Bertz CT molecular complexity index is 418. The number of benzene rings is 1. The first-order chi connectivity index (χ1) is 9.78. The summed E-state index contributed by atoms with van der Waals surface area (Å²) >= 11 is 0. The van der Waals surface area contributed by atoms with Crippen molar-refractivity contribution in [1.82, 2.24) is 4.90 Å². The lowest BCUT2D eigenvalue weighted by Gasteiger charge is -2.36. The molecule has 1 aromatic rings. The summed E-state index contributed by atoms with van der Waals surface area (Å²) in [6.45, 7) is 5.42. The van der Waals surface area contributed by atoms with Crippen molar-refractivity contribution in [3.63, 3.8) is 0 Å². The summed E-state index contributed by atoms with van der Waals surface area (Å²) in [4.78, 5) is 4.79. The van der Waals surface area contributed by atoms with Gasteiger partial charge in [0.1, 0.15) is 5.75 Å². The Morgan fingerprint density at radius 3 is 2.60 bits per heavy atom. The molecule has 1 fully saturated rings. The van der Waals surface area contributed by atoms with Crippen molar-refractivity contribution >= 4 is 11.4 Å². The van der Waals surface area contributed by atoms with Gasteiger partial charge in [-0.2, -0.15) is 0 Å². The van der Waals surface area contributed by atoms with E-state index in [1.165, 1.54) is 5.69 Å². The molecule has 1 aliphatic rings. The second kappa shape index (κ2) is 7.36. The third-order valence-electron chi connectivity index (χ3n) is 3.82. The molecule has 0 bridgehead atoms. The van der Waals surface area contributed by atoms with Gasteiger partial charge in [0.25, 0.3) is 0 Å². The molecule has 0 unspecified atom stereocenters. The molecule has 2 N–H and O–H groups in total. The SMILES string of the molecule is CNc1ccc(N2CCN(CCCO)CC2)cc1OC. The van der Waals surface area contributed by atoms with E-state index in [0.29, 0.717) is 0 Å². The number of anilines is 2. The lowest BCUT2D eigenvalue weighted by molar-refractivity contribution is 0.216. The highest BCUT2D eigenvalue weighted by atomic mass is 16.5. The average Bonchev–Trinajstić information content (AvgIpc) is 2.52. The number of ether oxygens (including phenoxy) is 1. The summed E-state index contributed by atoms with van der Waals surface area (Å²) in [5.74, 6) is 0.882. The Labute approximate surface area is 121 Å². The van der Waals surface area contributed by atoms with Crippen LogP contribution in [0.15, 0.2) is 18.2 Å². The van der Waals surface area contributed by atoms with Crippen molar-refractivity contribution in [3.8, 4) is 5.75 Å². The Kier molecular flexibility index (Phi) is 5.49. The highest BCUT2D eigenvalue weighted by Crippen LogP contribution is 2.29. The molecule has 5 nitrogen and oxygen atoms in total. The van der Waals surface area contributed by atoms with Gasteiger partial charge in [-0.1, -0.05) is 0 Å². The topological polar surface area (TPSA) is 48.0 Å². The second-order valence-electron chi connectivity index (χ2n) is 5.04. The molecule has 0 saturated carbocycles. The average molecular weight is 279 g/mol. The molecule has 20 heavy (non-hydrogen) atoms. The monoisotopic (exact) mass is 279 g/mol. The standard InChI is InChI=1S/C15H25N3O2/c1-16-14-5-4-13(12-15(14)20-2)18-9-7-17(8-10-18)6-3-11-19/h4-5,12,16,19H,3,6-11H2,1-2H3. The fraction of sp³-hybridized carbons (Fsp3) is 0.600. The first-order valence-electron chi connectivity index (χ1n) is 7.22. The molecular formula is C15H25N3O2. The largest absolute Gasteiger partial charge is 0.495 e. The lowest BCUT2D eigenvalue weighted by Crippen LogP contribution is -2.46. The number of aliphatic hydroxyl groups is 1. The van der Waals surface area contributed by atoms with Gasteiger partial charge in [-0.25, -0.2) is 0 Å². The molecule has 1 aromatic carbocycles. The maximum atomic E-state index is 8.88. The molecule has 0 aliphatic carbocycles. The molecule has 5 heteroatoms. The van der Waals surface area contributed by atoms with Gasteiger partial charge in [0.05, 0.1) is 12.8 Å². The Morgan fingerprint density at radius 1 is 1.25 bits per heavy atom. The quantitative estimate of drug-likeness (QED) is 0.820. The number of nitrogens with one attached hydrogen (secondary N) is 1. The summed E-state index contributed by atoms with van der Waals surface area (Å²) in [7, 11) is 3.60. The number of piperazine rings is 1. The molecule has 0 spiro atoms. The van der Waals surface area contributed by atoms with Gasteiger partial charge >= 0.3 is 0 Å². The first kappa shape index (κ1) is 14.9. The minimum atomic E-state index is 0.281. The Morgan fingerprint density at radius 2 is 2.00 bits per heavy atom. The number of hydrogen-bond donors (Lipinski definition) is 2. The van der Waals surface area contributed by atoms with Crippen LogP contribution in [-0.2, 0) is 0 Å². The molecule has 0 amide bonds. The van der Waals surface area contributed by atoms with E-state index in [4.69, 9.17) is 9.84 Å². The molecule has 1 aliphatic heterocycles. The van der Waals surface area contributed by atoms with Crippen LogP contribution in [-0.4, -0.2) is 63.5 Å². The fourth-order valence-corrected chi connectivity index (χ4v) is 2.61. The third kappa shape index (κ3) is 3.55. The highest BCUT2D eigenvalue weighted by molar-refractivity contribution is 5.64. The van der Waals surface area contributed by atoms with E-state index >= 15 is 0 Å². The van der Waals surface area contributed by atoms with Crippen molar-refractivity contribution in [2.45, 2.75) is 6.42 Å². The number of rotatable bonds is 6. The number of aliphatic hydroxyl groups excluding tert-OH is 1. The van der Waals surface area contributed by atoms with Crippen LogP contribution in [0.25, 0.3) is 0 Å². The smallest absolute Gasteiger partial charge is 0.144 e. The zero-order valence-electron chi connectivity index (χ0n) is 12.4. The van der Waals surface area contributed by atoms with Crippen LogP contribution in [0.5, 0.6) is 5.75 Å². The van der Waals surface area contributed by atoms with E-state index < -0.39 is 0 Å². The van der Waals surface area contributed by atoms with Gasteiger partial charge < -0.3 is 20.1 Å². The Hall–Kier alpha value is -1.46. The van der Waals surface area contributed by atoms with E-state index in [1.807, 2.05) is 7.05 Å². The minimum absolute atomic E-state index is 0.281. The highest BCUT2D eigenvalue weighted by Gasteiger charge is 2.17. The van der Waals surface area contributed by atoms with Gasteiger partial charge in [-0.15, -0.1) is 0 Å². The van der Waals surface area contributed by atoms with Crippen molar-refractivity contribution in [2.75, 3.05) is 63.7 Å². The maximum absolute atomic E-state index is 8.88. The van der Waals surface area contributed by atoms with Crippen LogP contribution in [0.2, 0.25) is 0 Å². The number of hydrogen-bond acceptors (Lipinski definition) is 5. The van der Waals surface area contributed by atoms with Crippen LogP contribution in [0.4, 0.5) is 11.4 Å². The summed E-state index contributed by atoms with van der Waals surface area (Å²) in [6.07, 6.45) is 0.866. The normalized spacial score (nSPS) is 16.2. The summed E-state index contributed by atoms with van der Waals surface area (Å²) in [5, 5.41) is 12.0. The van der Waals surface area contributed by atoms with Crippen LogP contribution in [0.3, 0.4) is 0 Å². The maximum Gasteiger partial charge on any atom is 0.144 e. The van der Waals surface area contributed by atoms with E-state index in [1.54, 1.807) is 7.11 Å². The number of nitrogens with zero attached hydrogens (tertiary/aromatic N) is 2. The van der Waals surface area contributed by atoms with Gasteiger partial charge in [0.2, 0.25) is 0 Å². The predicted molar refractivity (Wildman–Crippen MR) is 82.9 cm³/mol. The molecular weight excluding hydrogens is 254 g/mol. The molecule has 1 heterocycles.